The normalized spacial score (nSPS) is 10.9. The minimum Gasteiger partial charge on any atom is -0.478 e. The number of carboxylic acids is 1. The van der Waals surface area contributed by atoms with Gasteiger partial charge in [0, 0.05) is 29.7 Å². The van der Waals surface area contributed by atoms with Crippen molar-refractivity contribution in [2.24, 2.45) is 0 Å². The van der Waals surface area contributed by atoms with Gasteiger partial charge in [-0.15, -0.1) is 0 Å². The Morgan fingerprint density at radius 3 is 2.36 bits per heavy atom. The number of rotatable bonds is 3. The van der Waals surface area contributed by atoms with E-state index < -0.39 is 5.97 Å². The number of pyridine rings is 2. The maximum atomic E-state index is 13.3. The molecule has 1 N–H and O–H groups in total. The molecule has 4 rings (SSSR count). The van der Waals surface area contributed by atoms with Crippen molar-refractivity contribution < 1.29 is 14.3 Å². The van der Waals surface area contributed by atoms with Crippen molar-refractivity contribution in [2.75, 3.05) is 0 Å². The molecule has 25 heavy (non-hydrogen) atoms. The maximum Gasteiger partial charge on any atom is 0.337 e. The molecule has 0 aliphatic heterocycles. The second kappa shape index (κ2) is 5.83. The molecular formula is C19H12FN3O2. The number of hydrogen-bond donors (Lipinski definition) is 1. The van der Waals surface area contributed by atoms with Gasteiger partial charge in [0.05, 0.1) is 11.1 Å². The van der Waals surface area contributed by atoms with E-state index >= 15 is 0 Å². The lowest BCUT2D eigenvalue weighted by molar-refractivity contribution is 0.0696. The van der Waals surface area contributed by atoms with Crippen LogP contribution in [0.15, 0.2) is 67.1 Å². The average Bonchev–Trinajstić information content (AvgIpc) is 3.01. The molecule has 0 unspecified atom stereocenters. The number of halogens is 1. The Balaban J connectivity index is 2.03. The molecule has 0 aliphatic rings. The largest absolute Gasteiger partial charge is 0.478 e. The van der Waals surface area contributed by atoms with Gasteiger partial charge < -0.3 is 5.11 Å². The van der Waals surface area contributed by atoms with Gasteiger partial charge in [-0.25, -0.2) is 13.7 Å². The van der Waals surface area contributed by atoms with E-state index in [4.69, 9.17) is 0 Å². The Hall–Kier alpha value is -3.54. The van der Waals surface area contributed by atoms with Crippen molar-refractivity contribution >= 4 is 11.5 Å². The van der Waals surface area contributed by atoms with Crippen LogP contribution in [0.4, 0.5) is 4.39 Å². The van der Waals surface area contributed by atoms with Crippen LogP contribution in [0.2, 0.25) is 0 Å². The van der Waals surface area contributed by atoms with Gasteiger partial charge >= 0.3 is 5.97 Å². The first-order chi connectivity index (χ1) is 12.1. The SMILES string of the molecule is O=C(O)c1ccc2c(-c3ccncc3)c(-c3ccc(F)cc3)nn2c1. The van der Waals surface area contributed by atoms with Crippen molar-refractivity contribution in [3.8, 4) is 22.4 Å². The molecule has 0 bridgehead atoms. The summed E-state index contributed by atoms with van der Waals surface area (Å²) in [7, 11) is 0. The summed E-state index contributed by atoms with van der Waals surface area (Å²) in [5.74, 6) is -1.35. The summed E-state index contributed by atoms with van der Waals surface area (Å²) in [6.07, 6.45) is 4.83. The minimum atomic E-state index is -1.02. The Morgan fingerprint density at radius 1 is 0.960 bits per heavy atom. The van der Waals surface area contributed by atoms with Crippen LogP contribution < -0.4 is 0 Å². The van der Waals surface area contributed by atoms with Crippen LogP contribution in [0.1, 0.15) is 10.4 Å². The lowest BCUT2D eigenvalue weighted by Gasteiger charge is -2.04. The van der Waals surface area contributed by atoms with Gasteiger partial charge in [0.15, 0.2) is 0 Å². The Kier molecular flexibility index (Phi) is 3.50. The third kappa shape index (κ3) is 2.63. The molecule has 3 aromatic heterocycles. The quantitative estimate of drug-likeness (QED) is 0.617. The number of aromatic carboxylic acids is 1. The molecule has 5 nitrogen and oxygen atoms in total. The summed E-state index contributed by atoms with van der Waals surface area (Å²) in [5, 5.41) is 13.7. The molecule has 0 radical (unpaired) electrons. The fourth-order valence-corrected chi connectivity index (χ4v) is 2.79. The van der Waals surface area contributed by atoms with Gasteiger partial charge in [0.25, 0.3) is 0 Å². The summed E-state index contributed by atoms with van der Waals surface area (Å²) in [6.45, 7) is 0. The number of carbonyl (C=O) groups is 1. The number of aromatic nitrogens is 3. The third-order valence-electron chi connectivity index (χ3n) is 3.96. The van der Waals surface area contributed by atoms with Crippen LogP contribution >= 0.6 is 0 Å². The van der Waals surface area contributed by atoms with Crippen LogP contribution in [-0.2, 0) is 0 Å². The number of hydrogen-bond acceptors (Lipinski definition) is 3. The molecule has 122 valence electrons. The average molecular weight is 333 g/mol. The van der Waals surface area contributed by atoms with Crippen molar-refractivity contribution in [1.82, 2.24) is 14.6 Å². The highest BCUT2D eigenvalue weighted by atomic mass is 19.1. The van der Waals surface area contributed by atoms with Crippen LogP contribution in [0, 0.1) is 5.82 Å². The van der Waals surface area contributed by atoms with Gasteiger partial charge in [-0.1, -0.05) is 0 Å². The first-order valence-corrected chi connectivity index (χ1v) is 7.55. The second-order valence-electron chi connectivity index (χ2n) is 5.52. The van der Waals surface area contributed by atoms with Crippen molar-refractivity contribution in [3.63, 3.8) is 0 Å². The van der Waals surface area contributed by atoms with Crippen molar-refractivity contribution in [3.05, 3.63) is 78.5 Å². The zero-order valence-electron chi connectivity index (χ0n) is 12.9. The van der Waals surface area contributed by atoms with E-state index in [2.05, 4.69) is 10.1 Å². The van der Waals surface area contributed by atoms with E-state index in [0.717, 1.165) is 22.2 Å². The summed E-state index contributed by atoms with van der Waals surface area (Å²) in [5.41, 5.74) is 4.03. The van der Waals surface area contributed by atoms with E-state index in [1.54, 1.807) is 36.7 Å². The number of carboxylic acid groups (broad SMARTS) is 1. The third-order valence-corrected chi connectivity index (χ3v) is 3.96. The van der Waals surface area contributed by atoms with E-state index in [9.17, 15) is 14.3 Å². The molecule has 1 aromatic carbocycles. The van der Waals surface area contributed by atoms with Crippen LogP contribution in [0.5, 0.6) is 0 Å². The monoisotopic (exact) mass is 333 g/mol. The first-order valence-electron chi connectivity index (χ1n) is 7.55. The molecule has 6 heteroatoms. The fraction of sp³-hybridized carbons (Fsp3) is 0. The van der Waals surface area contributed by atoms with Crippen LogP contribution in [-0.4, -0.2) is 25.7 Å². The van der Waals surface area contributed by atoms with Gasteiger partial charge in [-0.2, -0.15) is 5.10 Å². The van der Waals surface area contributed by atoms with E-state index in [1.807, 2.05) is 12.1 Å². The van der Waals surface area contributed by atoms with Crippen LogP contribution in [0.25, 0.3) is 27.9 Å². The fourth-order valence-electron chi connectivity index (χ4n) is 2.79. The van der Waals surface area contributed by atoms with E-state index in [0.29, 0.717) is 5.69 Å². The predicted molar refractivity (Wildman–Crippen MR) is 90.8 cm³/mol. The molecular weight excluding hydrogens is 321 g/mol. The zero-order chi connectivity index (χ0) is 17.4. The number of nitrogens with zero attached hydrogens (tertiary/aromatic N) is 3. The highest BCUT2D eigenvalue weighted by Gasteiger charge is 2.17. The smallest absolute Gasteiger partial charge is 0.337 e. The van der Waals surface area contributed by atoms with Gasteiger partial charge in [-0.05, 0) is 54.1 Å². The van der Waals surface area contributed by atoms with Crippen molar-refractivity contribution in [2.45, 2.75) is 0 Å². The molecule has 0 atom stereocenters. The molecule has 0 saturated carbocycles. The predicted octanol–water partition coefficient (Wildman–Crippen LogP) is 3.90. The minimum absolute atomic E-state index is 0.141. The molecule has 0 spiro atoms. The molecule has 0 aliphatic carbocycles. The Bertz CT molecular complexity index is 1070. The molecule has 4 aromatic rings. The summed E-state index contributed by atoms with van der Waals surface area (Å²) < 4.78 is 14.8. The van der Waals surface area contributed by atoms with Crippen molar-refractivity contribution in [1.29, 1.82) is 0 Å². The summed E-state index contributed by atoms with van der Waals surface area (Å²) >= 11 is 0. The lowest BCUT2D eigenvalue weighted by Crippen LogP contribution is -1.99. The maximum absolute atomic E-state index is 13.3. The number of benzene rings is 1. The number of fused-ring (bicyclic) bond motifs is 1. The van der Waals surface area contributed by atoms with Gasteiger partial charge in [-0.3, -0.25) is 4.98 Å². The zero-order valence-corrected chi connectivity index (χ0v) is 12.9. The highest BCUT2D eigenvalue weighted by Crippen LogP contribution is 2.35. The first kappa shape index (κ1) is 15.0. The van der Waals surface area contributed by atoms with E-state index in [1.165, 1.54) is 22.8 Å². The molecule has 0 amide bonds. The molecule has 0 fully saturated rings. The van der Waals surface area contributed by atoms with Crippen LogP contribution in [0.3, 0.4) is 0 Å². The van der Waals surface area contributed by atoms with Gasteiger partial charge in [0.1, 0.15) is 11.5 Å². The van der Waals surface area contributed by atoms with E-state index in [-0.39, 0.29) is 11.4 Å². The Morgan fingerprint density at radius 2 is 1.68 bits per heavy atom. The molecule has 3 heterocycles. The summed E-state index contributed by atoms with van der Waals surface area (Å²) in [6, 6.07) is 13.0. The summed E-state index contributed by atoms with van der Waals surface area (Å²) in [4.78, 5) is 15.3. The highest BCUT2D eigenvalue weighted by molar-refractivity contribution is 5.94. The molecule has 0 saturated heterocycles. The van der Waals surface area contributed by atoms with Gasteiger partial charge in [0.2, 0.25) is 0 Å². The lowest BCUT2D eigenvalue weighted by atomic mass is 10.0. The topological polar surface area (TPSA) is 67.5 Å². The standard InChI is InChI=1S/C19H12FN3O2/c20-15-4-1-13(2-5-15)18-17(12-7-9-21-10-8-12)16-6-3-14(19(24)25)11-23(16)22-18/h1-11H,(H,24,25). The Labute approximate surface area is 142 Å². The second-order valence-corrected chi connectivity index (χ2v) is 5.52.